The zero-order valence-electron chi connectivity index (χ0n) is 16.5. The maximum absolute atomic E-state index is 6.03. The smallest absolute Gasteiger partial charge is 0.190 e. The molecule has 1 N–H and O–H groups in total. The number of hydrogen-bond donors (Lipinski definition) is 1. The van der Waals surface area contributed by atoms with E-state index < -0.39 is 0 Å². The lowest BCUT2D eigenvalue weighted by molar-refractivity contribution is -0.0379. The van der Waals surface area contributed by atoms with Crippen LogP contribution in [0.3, 0.4) is 0 Å². The number of ether oxygens (including phenoxy) is 2. The normalized spacial score (nSPS) is 21.5. The molecular weight excluding hydrogens is 378 g/mol. The SMILES string of the molecule is CCCCSc1nc(NCC2CCCO2)c2c3c(sc2n1)COC(C)(C)C3. The van der Waals surface area contributed by atoms with Crippen molar-refractivity contribution in [2.45, 2.75) is 76.3 Å². The van der Waals surface area contributed by atoms with Gasteiger partial charge in [0.25, 0.3) is 0 Å². The molecule has 0 amide bonds. The highest BCUT2D eigenvalue weighted by Gasteiger charge is 2.31. The standard InChI is InChI=1S/C20H29N3O2S2/c1-4-5-9-26-19-22-17(21-11-13-7-6-8-24-13)16-14-10-20(2,3)25-12-15(14)27-18(16)23-19/h13H,4-12H2,1-3H3,(H,21,22,23). The molecule has 4 heterocycles. The van der Waals surface area contributed by atoms with Gasteiger partial charge < -0.3 is 14.8 Å². The predicted octanol–water partition coefficient (Wildman–Crippen LogP) is 5.03. The van der Waals surface area contributed by atoms with E-state index in [1.165, 1.54) is 28.7 Å². The van der Waals surface area contributed by atoms with E-state index in [1.807, 2.05) is 0 Å². The topological polar surface area (TPSA) is 56.3 Å². The van der Waals surface area contributed by atoms with Crippen molar-refractivity contribution in [2.75, 3.05) is 24.2 Å². The van der Waals surface area contributed by atoms with Gasteiger partial charge in [-0.1, -0.05) is 25.1 Å². The van der Waals surface area contributed by atoms with E-state index in [4.69, 9.17) is 19.4 Å². The van der Waals surface area contributed by atoms with Gasteiger partial charge in [0.2, 0.25) is 0 Å². The van der Waals surface area contributed by atoms with Crippen LogP contribution >= 0.6 is 23.1 Å². The van der Waals surface area contributed by atoms with Crippen molar-refractivity contribution in [1.82, 2.24) is 9.97 Å². The highest BCUT2D eigenvalue weighted by molar-refractivity contribution is 7.99. The Kier molecular flexibility index (Phi) is 5.92. The Morgan fingerprint density at radius 2 is 2.22 bits per heavy atom. The van der Waals surface area contributed by atoms with Crippen LogP contribution in [0.2, 0.25) is 0 Å². The first-order valence-electron chi connectivity index (χ1n) is 10.0. The first-order chi connectivity index (χ1) is 13.1. The van der Waals surface area contributed by atoms with Crippen LogP contribution in [0.5, 0.6) is 0 Å². The van der Waals surface area contributed by atoms with Gasteiger partial charge in [0.05, 0.1) is 23.7 Å². The summed E-state index contributed by atoms with van der Waals surface area (Å²) in [4.78, 5) is 12.2. The number of nitrogens with one attached hydrogen (secondary N) is 1. The van der Waals surface area contributed by atoms with Crippen LogP contribution in [0.15, 0.2) is 5.16 Å². The molecule has 1 fully saturated rings. The molecule has 1 unspecified atom stereocenters. The molecule has 0 bridgehead atoms. The van der Waals surface area contributed by atoms with Gasteiger partial charge in [0.1, 0.15) is 10.6 Å². The lowest BCUT2D eigenvalue weighted by Crippen LogP contribution is -2.31. The summed E-state index contributed by atoms with van der Waals surface area (Å²) in [7, 11) is 0. The summed E-state index contributed by atoms with van der Waals surface area (Å²) >= 11 is 3.53. The fourth-order valence-corrected chi connectivity index (χ4v) is 5.73. The van der Waals surface area contributed by atoms with Gasteiger partial charge in [0.15, 0.2) is 5.16 Å². The quantitative estimate of drug-likeness (QED) is 0.395. The maximum Gasteiger partial charge on any atom is 0.190 e. The number of aromatic nitrogens is 2. The minimum absolute atomic E-state index is 0.138. The third-order valence-electron chi connectivity index (χ3n) is 5.16. The second-order valence-corrected chi connectivity index (χ2v) is 10.1. The number of hydrogen-bond acceptors (Lipinski definition) is 7. The molecule has 4 rings (SSSR count). The molecule has 2 aromatic heterocycles. The molecule has 27 heavy (non-hydrogen) atoms. The number of nitrogens with zero attached hydrogens (tertiary/aromatic N) is 2. The molecule has 0 aromatic carbocycles. The van der Waals surface area contributed by atoms with Crippen molar-refractivity contribution in [1.29, 1.82) is 0 Å². The van der Waals surface area contributed by atoms with Crippen LogP contribution in [-0.2, 0) is 22.5 Å². The largest absolute Gasteiger partial charge is 0.376 e. The van der Waals surface area contributed by atoms with Gasteiger partial charge in [-0.3, -0.25) is 0 Å². The van der Waals surface area contributed by atoms with Gasteiger partial charge in [-0.25, -0.2) is 9.97 Å². The molecule has 148 valence electrons. The van der Waals surface area contributed by atoms with E-state index in [-0.39, 0.29) is 5.60 Å². The molecule has 5 nitrogen and oxygen atoms in total. The van der Waals surface area contributed by atoms with Gasteiger partial charge in [-0.05, 0) is 38.7 Å². The van der Waals surface area contributed by atoms with E-state index in [2.05, 4.69) is 26.1 Å². The molecule has 0 saturated carbocycles. The van der Waals surface area contributed by atoms with Gasteiger partial charge >= 0.3 is 0 Å². The Morgan fingerprint density at radius 1 is 1.33 bits per heavy atom. The molecule has 0 spiro atoms. The van der Waals surface area contributed by atoms with Gasteiger partial charge in [0, 0.05) is 30.2 Å². The summed E-state index contributed by atoms with van der Waals surface area (Å²) < 4.78 is 11.8. The average molecular weight is 408 g/mol. The summed E-state index contributed by atoms with van der Waals surface area (Å²) in [6.45, 7) is 8.91. The Bertz CT molecular complexity index is 800. The van der Waals surface area contributed by atoms with Gasteiger partial charge in [-0.15, -0.1) is 11.3 Å². The average Bonchev–Trinajstić information content (AvgIpc) is 3.26. The molecule has 2 aromatic rings. The number of thioether (sulfide) groups is 1. The third-order valence-corrected chi connectivity index (χ3v) is 7.19. The maximum atomic E-state index is 6.03. The highest BCUT2D eigenvalue weighted by Crippen LogP contribution is 2.41. The third kappa shape index (κ3) is 4.42. The Balaban J connectivity index is 1.67. The van der Waals surface area contributed by atoms with Crippen molar-refractivity contribution in [2.24, 2.45) is 0 Å². The monoisotopic (exact) mass is 407 g/mol. The van der Waals surface area contributed by atoms with Crippen LogP contribution in [0.4, 0.5) is 5.82 Å². The number of anilines is 1. The molecule has 1 atom stereocenters. The molecule has 1 saturated heterocycles. The van der Waals surface area contributed by atoms with Crippen molar-refractivity contribution in [3.63, 3.8) is 0 Å². The van der Waals surface area contributed by atoms with Crippen LogP contribution in [0.1, 0.15) is 56.9 Å². The van der Waals surface area contributed by atoms with Crippen molar-refractivity contribution < 1.29 is 9.47 Å². The summed E-state index contributed by atoms with van der Waals surface area (Å²) in [5.41, 5.74) is 1.23. The molecule has 2 aliphatic rings. The second-order valence-electron chi connectivity index (χ2n) is 7.98. The zero-order chi connectivity index (χ0) is 18.9. The minimum Gasteiger partial charge on any atom is -0.376 e. The number of fused-ring (bicyclic) bond motifs is 3. The molecule has 7 heteroatoms. The van der Waals surface area contributed by atoms with E-state index in [1.54, 1.807) is 23.1 Å². The molecule has 0 radical (unpaired) electrons. The highest BCUT2D eigenvalue weighted by atomic mass is 32.2. The fraction of sp³-hybridized carbons (Fsp3) is 0.700. The van der Waals surface area contributed by atoms with Gasteiger partial charge in [-0.2, -0.15) is 0 Å². The minimum atomic E-state index is -0.138. The second kappa shape index (κ2) is 8.23. The van der Waals surface area contributed by atoms with E-state index in [0.717, 1.165) is 54.0 Å². The zero-order valence-corrected chi connectivity index (χ0v) is 18.1. The lowest BCUT2D eigenvalue weighted by atomic mass is 9.94. The van der Waals surface area contributed by atoms with E-state index in [9.17, 15) is 0 Å². The predicted molar refractivity (Wildman–Crippen MR) is 113 cm³/mol. The number of thiophene rings is 1. The number of unbranched alkanes of at least 4 members (excludes halogenated alkanes) is 1. The summed E-state index contributed by atoms with van der Waals surface area (Å²) in [5.74, 6) is 2.04. The number of rotatable bonds is 7. The first-order valence-corrected chi connectivity index (χ1v) is 11.8. The Labute approximate surface area is 169 Å². The summed E-state index contributed by atoms with van der Waals surface area (Å²) in [5, 5.41) is 5.68. The fourth-order valence-electron chi connectivity index (χ4n) is 3.64. The molecular formula is C20H29N3O2S2. The van der Waals surface area contributed by atoms with Crippen molar-refractivity contribution >= 4 is 39.1 Å². The Morgan fingerprint density at radius 3 is 3.00 bits per heavy atom. The van der Waals surface area contributed by atoms with Crippen LogP contribution < -0.4 is 5.32 Å². The first kappa shape index (κ1) is 19.4. The van der Waals surface area contributed by atoms with Crippen molar-refractivity contribution in [3.8, 4) is 0 Å². The summed E-state index contributed by atoms with van der Waals surface area (Å²) in [6, 6.07) is 0. The summed E-state index contributed by atoms with van der Waals surface area (Å²) in [6.07, 6.45) is 5.86. The molecule has 0 aliphatic carbocycles. The molecule has 2 aliphatic heterocycles. The van der Waals surface area contributed by atoms with Crippen LogP contribution in [0.25, 0.3) is 10.2 Å². The van der Waals surface area contributed by atoms with E-state index >= 15 is 0 Å². The van der Waals surface area contributed by atoms with Crippen LogP contribution in [0, 0.1) is 0 Å². The van der Waals surface area contributed by atoms with E-state index in [0.29, 0.717) is 12.7 Å². The Hall–Kier alpha value is -0.890. The lowest BCUT2D eigenvalue weighted by Gasteiger charge is -2.30. The van der Waals surface area contributed by atoms with Crippen molar-refractivity contribution in [3.05, 3.63) is 10.4 Å². The van der Waals surface area contributed by atoms with Crippen LogP contribution in [-0.4, -0.2) is 40.6 Å².